The molecule has 0 unspecified atom stereocenters. The molecule has 188 valence electrons. The van der Waals surface area contributed by atoms with Crippen molar-refractivity contribution >= 4 is 35.0 Å². The van der Waals surface area contributed by atoms with E-state index < -0.39 is 0 Å². The number of anilines is 2. The second kappa shape index (κ2) is 13.9. The first-order valence-corrected chi connectivity index (χ1v) is 12.2. The Kier molecular flexibility index (Phi) is 10.9. The largest absolute Gasteiger partial charge is 0.339 e. The molecule has 2 aromatic rings. The molecule has 0 fully saturated rings. The topological polar surface area (TPSA) is 98.8 Å². The SMILES string of the molecule is CCN(CC)C(=O)c1cccc(NC(=O)CCCC(=O)Nc2cccc(C(=O)N(CC)CC)c2)c1. The smallest absolute Gasteiger partial charge is 0.253 e. The third-order valence-corrected chi connectivity index (χ3v) is 5.70. The van der Waals surface area contributed by atoms with Crippen LogP contribution in [0.25, 0.3) is 0 Å². The molecule has 0 spiro atoms. The molecule has 2 aromatic carbocycles. The van der Waals surface area contributed by atoms with Crippen LogP contribution in [-0.2, 0) is 9.59 Å². The van der Waals surface area contributed by atoms with E-state index in [-0.39, 0.29) is 36.5 Å². The van der Waals surface area contributed by atoms with Gasteiger partial charge in [-0.25, -0.2) is 0 Å². The molecule has 8 nitrogen and oxygen atoms in total. The van der Waals surface area contributed by atoms with Crippen molar-refractivity contribution in [2.75, 3.05) is 36.8 Å². The summed E-state index contributed by atoms with van der Waals surface area (Å²) in [6, 6.07) is 13.7. The normalized spacial score (nSPS) is 10.4. The van der Waals surface area contributed by atoms with Gasteiger partial charge in [0.2, 0.25) is 11.8 Å². The van der Waals surface area contributed by atoms with Gasteiger partial charge < -0.3 is 20.4 Å². The molecule has 2 rings (SSSR count). The molecule has 35 heavy (non-hydrogen) atoms. The summed E-state index contributed by atoms with van der Waals surface area (Å²) in [7, 11) is 0. The van der Waals surface area contributed by atoms with Crippen LogP contribution < -0.4 is 10.6 Å². The highest BCUT2D eigenvalue weighted by molar-refractivity contribution is 5.98. The van der Waals surface area contributed by atoms with Crippen molar-refractivity contribution in [1.82, 2.24) is 9.80 Å². The lowest BCUT2D eigenvalue weighted by atomic mass is 10.1. The van der Waals surface area contributed by atoms with E-state index in [0.717, 1.165) is 0 Å². The Hall–Kier alpha value is -3.68. The summed E-state index contributed by atoms with van der Waals surface area (Å²) in [6.45, 7) is 10.2. The number of rotatable bonds is 12. The molecule has 0 saturated carbocycles. The van der Waals surface area contributed by atoms with Crippen LogP contribution >= 0.6 is 0 Å². The molecule has 8 heteroatoms. The van der Waals surface area contributed by atoms with Crippen molar-refractivity contribution in [3.05, 3.63) is 59.7 Å². The van der Waals surface area contributed by atoms with E-state index in [1.165, 1.54) is 0 Å². The van der Waals surface area contributed by atoms with Gasteiger partial charge in [-0.2, -0.15) is 0 Å². The number of carbonyl (C=O) groups excluding carboxylic acids is 4. The Balaban J connectivity index is 1.84. The molecule has 0 aromatic heterocycles. The highest BCUT2D eigenvalue weighted by atomic mass is 16.2. The summed E-state index contributed by atoms with van der Waals surface area (Å²) in [5.41, 5.74) is 2.14. The van der Waals surface area contributed by atoms with Gasteiger partial charge in [0.25, 0.3) is 11.8 Å². The van der Waals surface area contributed by atoms with Crippen LogP contribution in [0.2, 0.25) is 0 Å². The Morgan fingerprint density at radius 3 is 1.34 bits per heavy atom. The van der Waals surface area contributed by atoms with Gasteiger partial charge in [0.15, 0.2) is 0 Å². The monoisotopic (exact) mass is 480 g/mol. The lowest BCUT2D eigenvalue weighted by Gasteiger charge is -2.19. The summed E-state index contributed by atoms with van der Waals surface area (Å²) in [5.74, 6) is -0.606. The summed E-state index contributed by atoms with van der Waals surface area (Å²) < 4.78 is 0. The van der Waals surface area contributed by atoms with Crippen molar-refractivity contribution in [1.29, 1.82) is 0 Å². The second-order valence-electron chi connectivity index (χ2n) is 8.07. The van der Waals surface area contributed by atoms with Crippen LogP contribution in [0.4, 0.5) is 11.4 Å². The van der Waals surface area contributed by atoms with Gasteiger partial charge >= 0.3 is 0 Å². The average Bonchev–Trinajstić information content (AvgIpc) is 2.85. The lowest BCUT2D eigenvalue weighted by molar-refractivity contribution is -0.117. The molecule has 2 N–H and O–H groups in total. The van der Waals surface area contributed by atoms with Crippen molar-refractivity contribution in [3.8, 4) is 0 Å². The maximum atomic E-state index is 12.5. The van der Waals surface area contributed by atoms with E-state index in [2.05, 4.69) is 10.6 Å². The van der Waals surface area contributed by atoms with E-state index in [4.69, 9.17) is 0 Å². The fraction of sp³-hybridized carbons (Fsp3) is 0.407. The van der Waals surface area contributed by atoms with Gasteiger partial charge in [0, 0.05) is 61.5 Å². The number of nitrogens with one attached hydrogen (secondary N) is 2. The maximum Gasteiger partial charge on any atom is 0.253 e. The molecular formula is C27H36N4O4. The zero-order valence-corrected chi connectivity index (χ0v) is 21.1. The number of nitrogens with zero attached hydrogens (tertiary/aromatic N) is 2. The van der Waals surface area contributed by atoms with Crippen molar-refractivity contribution in [3.63, 3.8) is 0 Å². The summed E-state index contributed by atoms with van der Waals surface area (Å²) >= 11 is 0. The zero-order chi connectivity index (χ0) is 25.8. The predicted molar refractivity (Wildman–Crippen MR) is 138 cm³/mol. The van der Waals surface area contributed by atoms with Crippen LogP contribution in [0.1, 0.15) is 67.7 Å². The number of hydrogen-bond acceptors (Lipinski definition) is 4. The van der Waals surface area contributed by atoms with Gasteiger partial charge in [0.05, 0.1) is 0 Å². The Morgan fingerprint density at radius 2 is 1.00 bits per heavy atom. The summed E-state index contributed by atoms with van der Waals surface area (Å²) in [4.78, 5) is 53.1. The van der Waals surface area contributed by atoms with Crippen LogP contribution in [0.15, 0.2) is 48.5 Å². The van der Waals surface area contributed by atoms with E-state index in [1.807, 2.05) is 27.7 Å². The van der Waals surface area contributed by atoms with Crippen LogP contribution in [0, 0.1) is 0 Å². The highest BCUT2D eigenvalue weighted by Crippen LogP contribution is 2.15. The van der Waals surface area contributed by atoms with Crippen molar-refractivity contribution < 1.29 is 19.2 Å². The van der Waals surface area contributed by atoms with Crippen molar-refractivity contribution in [2.45, 2.75) is 47.0 Å². The van der Waals surface area contributed by atoms with Crippen LogP contribution in [0.5, 0.6) is 0 Å². The second-order valence-corrected chi connectivity index (χ2v) is 8.07. The molecule has 0 aliphatic carbocycles. The highest BCUT2D eigenvalue weighted by Gasteiger charge is 2.15. The van der Waals surface area contributed by atoms with Gasteiger partial charge in [0.1, 0.15) is 0 Å². The van der Waals surface area contributed by atoms with Gasteiger partial charge in [-0.15, -0.1) is 0 Å². The zero-order valence-electron chi connectivity index (χ0n) is 21.1. The van der Waals surface area contributed by atoms with E-state index in [1.54, 1.807) is 58.3 Å². The molecule has 0 bridgehead atoms. The molecule has 0 atom stereocenters. The standard InChI is InChI=1S/C27H36N4O4/c1-5-30(6-2)26(34)20-12-9-14-22(18-20)28-24(32)16-11-17-25(33)29-23-15-10-13-21(19-23)27(35)31(7-3)8-4/h9-10,12-15,18-19H,5-8,11,16-17H2,1-4H3,(H,28,32)(H,29,33). The Labute approximate surface area is 207 Å². The first kappa shape index (κ1) is 27.6. The molecule has 0 heterocycles. The fourth-order valence-electron chi connectivity index (χ4n) is 3.70. The molecule has 4 amide bonds. The number of carbonyl (C=O) groups is 4. The first-order chi connectivity index (χ1) is 16.8. The number of amides is 4. The molecule has 0 saturated heterocycles. The molecular weight excluding hydrogens is 444 g/mol. The predicted octanol–water partition coefficient (Wildman–Crippen LogP) is 4.40. The third-order valence-electron chi connectivity index (χ3n) is 5.70. The summed E-state index contributed by atoms with van der Waals surface area (Å²) in [5, 5.41) is 5.59. The van der Waals surface area contributed by atoms with Gasteiger partial charge in [-0.3, -0.25) is 19.2 Å². The van der Waals surface area contributed by atoms with E-state index in [9.17, 15) is 19.2 Å². The first-order valence-electron chi connectivity index (χ1n) is 12.2. The minimum atomic E-state index is -0.225. The quantitative estimate of drug-likeness (QED) is 0.470. The maximum absolute atomic E-state index is 12.5. The summed E-state index contributed by atoms with van der Waals surface area (Å²) in [6.07, 6.45) is 0.706. The number of benzene rings is 2. The molecule has 0 radical (unpaired) electrons. The lowest BCUT2D eigenvalue weighted by Crippen LogP contribution is -2.30. The van der Waals surface area contributed by atoms with Gasteiger partial charge in [-0.1, -0.05) is 12.1 Å². The fourth-order valence-corrected chi connectivity index (χ4v) is 3.70. The Morgan fingerprint density at radius 1 is 0.629 bits per heavy atom. The Bertz CT molecular complexity index is 948. The van der Waals surface area contributed by atoms with E-state index in [0.29, 0.717) is 55.1 Å². The average molecular weight is 481 g/mol. The number of hydrogen-bond donors (Lipinski definition) is 2. The van der Waals surface area contributed by atoms with Crippen LogP contribution in [-0.4, -0.2) is 59.6 Å². The molecule has 0 aliphatic heterocycles. The third kappa shape index (κ3) is 8.24. The van der Waals surface area contributed by atoms with Gasteiger partial charge in [-0.05, 0) is 70.5 Å². The molecule has 0 aliphatic rings. The minimum absolute atomic E-state index is 0.0781. The van der Waals surface area contributed by atoms with Crippen molar-refractivity contribution in [2.24, 2.45) is 0 Å². The van der Waals surface area contributed by atoms with Crippen LogP contribution in [0.3, 0.4) is 0 Å². The minimum Gasteiger partial charge on any atom is -0.339 e. The van der Waals surface area contributed by atoms with E-state index >= 15 is 0 Å².